The van der Waals surface area contributed by atoms with E-state index in [2.05, 4.69) is 11.8 Å². The Morgan fingerprint density at radius 1 is 1.21 bits per heavy atom. The first-order valence-electron chi connectivity index (χ1n) is 4.47. The number of aliphatic hydroxyl groups is 2. The van der Waals surface area contributed by atoms with E-state index >= 15 is 0 Å². The van der Waals surface area contributed by atoms with Gasteiger partial charge in [-0.25, -0.2) is 0 Å². The maximum absolute atomic E-state index is 9.60. The second kappa shape index (κ2) is 4.28. The van der Waals surface area contributed by atoms with Gasteiger partial charge in [0.25, 0.3) is 0 Å². The van der Waals surface area contributed by atoms with Crippen molar-refractivity contribution in [2.75, 3.05) is 0 Å². The Hall–Kier alpha value is -1.30. The number of benzene rings is 1. The predicted octanol–water partition coefficient (Wildman–Crippen LogP) is 1.49. The molecule has 0 aromatic heterocycles. The van der Waals surface area contributed by atoms with Gasteiger partial charge in [0.1, 0.15) is 11.7 Å². The minimum absolute atomic E-state index is 0.740. The van der Waals surface area contributed by atoms with Gasteiger partial charge in [0.15, 0.2) is 0 Å². The Balaban J connectivity index is 2.76. The third kappa shape index (κ3) is 3.61. The van der Waals surface area contributed by atoms with E-state index < -0.39 is 11.7 Å². The van der Waals surface area contributed by atoms with E-state index in [-0.39, 0.29) is 0 Å². The molecule has 0 unspecified atom stereocenters. The molecule has 74 valence electrons. The molecule has 1 aromatic rings. The molecule has 1 aromatic carbocycles. The first-order valence-corrected chi connectivity index (χ1v) is 4.47. The topological polar surface area (TPSA) is 40.5 Å². The summed E-state index contributed by atoms with van der Waals surface area (Å²) in [6.45, 7) is 3.16. The van der Waals surface area contributed by atoms with Crippen LogP contribution in [0.2, 0.25) is 0 Å². The lowest BCUT2D eigenvalue weighted by Crippen LogP contribution is -2.15. The molecular weight excluding hydrogens is 176 g/mol. The summed E-state index contributed by atoms with van der Waals surface area (Å²) < 4.78 is 0. The molecule has 0 amide bonds. The van der Waals surface area contributed by atoms with E-state index in [0.717, 1.165) is 5.56 Å². The summed E-state index contributed by atoms with van der Waals surface area (Å²) in [6, 6.07) is 9.14. The summed E-state index contributed by atoms with van der Waals surface area (Å²) in [4.78, 5) is 0. The van der Waals surface area contributed by atoms with Crippen LogP contribution in [0.15, 0.2) is 30.3 Å². The second-order valence-electron chi connectivity index (χ2n) is 3.64. The maximum Gasteiger partial charge on any atom is 0.140 e. The molecule has 0 aliphatic carbocycles. The van der Waals surface area contributed by atoms with Gasteiger partial charge in [-0.2, -0.15) is 0 Å². The van der Waals surface area contributed by atoms with Crippen LogP contribution in [0.5, 0.6) is 0 Å². The van der Waals surface area contributed by atoms with Crippen molar-refractivity contribution >= 4 is 0 Å². The van der Waals surface area contributed by atoms with Crippen molar-refractivity contribution in [2.24, 2.45) is 0 Å². The van der Waals surface area contributed by atoms with Gasteiger partial charge in [0.05, 0.1) is 0 Å². The van der Waals surface area contributed by atoms with Crippen LogP contribution in [0.3, 0.4) is 0 Å². The van der Waals surface area contributed by atoms with Crippen molar-refractivity contribution < 1.29 is 10.2 Å². The third-order valence-electron chi connectivity index (χ3n) is 1.63. The molecule has 14 heavy (non-hydrogen) atoms. The highest BCUT2D eigenvalue weighted by Crippen LogP contribution is 2.11. The maximum atomic E-state index is 9.60. The van der Waals surface area contributed by atoms with Gasteiger partial charge in [-0.15, -0.1) is 0 Å². The minimum atomic E-state index is -1.06. The van der Waals surface area contributed by atoms with Crippen LogP contribution in [0, 0.1) is 11.8 Å². The van der Waals surface area contributed by atoms with Crippen molar-refractivity contribution in [2.45, 2.75) is 25.6 Å². The molecule has 0 saturated heterocycles. The summed E-state index contributed by atoms with van der Waals surface area (Å²) in [5.41, 5.74) is -0.320. The lowest BCUT2D eigenvalue weighted by atomic mass is 10.1. The number of hydrogen-bond acceptors (Lipinski definition) is 2. The van der Waals surface area contributed by atoms with Crippen molar-refractivity contribution in [3.05, 3.63) is 35.9 Å². The summed E-state index contributed by atoms with van der Waals surface area (Å²) in [5, 5.41) is 18.9. The average Bonchev–Trinajstić information content (AvgIpc) is 2.14. The van der Waals surface area contributed by atoms with Gasteiger partial charge >= 0.3 is 0 Å². The van der Waals surface area contributed by atoms with E-state index in [4.69, 9.17) is 0 Å². The second-order valence-corrected chi connectivity index (χ2v) is 3.64. The van der Waals surface area contributed by atoms with Crippen molar-refractivity contribution in [1.82, 2.24) is 0 Å². The number of rotatable bonds is 1. The Morgan fingerprint density at radius 3 is 2.29 bits per heavy atom. The smallest absolute Gasteiger partial charge is 0.140 e. The van der Waals surface area contributed by atoms with Crippen LogP contribution in [-0.2, 0) is 0 Å². The molecule has 0 aliphatic heterocycles. The van der Waals surface area contributed by atoms with Crippen LogP contribution < -0.4 is 0 Å². The average molecular weight is 190 g/mol. The fraction of sp³-hybridized carbons (Fsp3) is 0.333. The monoisotopic (exact) mass is 190 g/mol. The minimum Gasteiger partial charge on any atom is -0.378 e. The highest BCUT2D eigenvalue weighted by atomic mass is 16.3. The summed E-state index contributed by atoms with van der Waals surface area (Å²) in [6.07, 6.45) is -0.831. The Morgan fingerprint density at radius 2 is 1.79 bits per heavy atom. The molecule has 0 fully saturated rings. The zero-order chi connectivity index (χ0) is 10.6. The van der Waals surface area contributed by atoms with Gasteiger partial charge in [-0.3, -0.25) is 0 Å². The Kier molecular flexibility index (Phi) is 3.29. The molecule has 0 saturated carbocycles. The molecule has 2 N–H and O–H groups in total. The van der Waals surface area contributed by atoms with E-state index in [1.807, 2.05) is 18.2 Å². The standard InChI is InChI=1S/C12H14O2/c1-12(2,14)9-8-11(13)10-6-4-3-5-7-10/h3-7,11,13-14H,1-2H3/t11-/m1/s1. The normalized spacial score (nSPS) is 12.9. The van der Waals surface area contributed by atoms with Crippen LogP contribution in [0.25, 0.3) is 0 Å². The first kappa shape index (κ1) is 10.8. The summed E-state index contributed by atoms with van der Waals surface area (Å²) >= 11 is 0. The van der Waals surface area contributed by atoms with E-state index in [0.29, 0.717) is 0 Å². The van der Waals surface area contributed by atoms with E-state index in [1.165, 1.54) is 0 Å². The van der Waals surface area contributed by atoms with Gasteiger partial charge in [0, 0.05) is 0 Å². The van der Waals surface area contributed by atoms with Crippen LogP contribution >= 0.6 is 0 Å². The van der Waals surface area contributed by atoms with E-state index in [1.54, 1.807) is 26.0 Å². The molecule has 0 heterocycles. The predicted molar refractivity (Wildman–Crippen MR) is 55.5 cm³/mol. The Labute approximate surface area is 84.2 Å². The van der Waals surface area contributed by atoms with Gasteiger partial charge in [-0.1, -0.05) is 42.2 Å². The van der Waals surface area contributed by atoms with Crippen LogP contribution in [0.4, 0.5) is 0 Å². The number of aliphatic hydroxyl groups excluding tert-OH is 1. The number of hydrogen-bond donors (Lipinski definition) is 2. The molecule has 1 atom stereocenters. The molecule has 0 spiro atoms. The molecule has 0 radical (unpaired) electrons. The summed E-state index contributed by atoms with van der Waals surface area (Å²) in [7, 11) is 0. The molecule has 2 nitrogen and oxygen atoms in total. The largest absolute Gasteiger partial charge is 0.378 e. The van der Waals surface area contributed by atoms with Gasteiger partial charge in [0.2, 0.25) is 0 Å². The first-order chi connectivity index (χ1) is 6.49. The highest BCUT2D eigenvalue weighted by molar-refractivity contribution is 5.26. The van der Waals surface area contributed by atoms with Crippen molar-refractivity contribution in [1.29, 1.82) is 0 Å². The van der Waals surface area contributed by atoms with Gasteiger partial charge < -0.3 is 10.2 Å². The molecule has 0 bridgehead atoms. The Bertz CT molecular complexity index is 338. The fourth-order valence-corrected chi connectivity index (χ4v) is 0.964. The fourth-order valence-electron chi connectivity index (χ4n) is 0.964. The van der Waals surface area contributed by atoms with Crippen LogP contribution in [0.1, 0.15) is 25.5 Å². The highest BCUT2D eigenvalue weighted by Gasteiger charge is 2.08. The van der Waals surface area contributed by atoms with Crippen LogP contribution in [-0.4, -0.2) is 15.8 Å². The lowest BCUT2D eigenvalue weighted by molar-refractivity contribution is 0.142. The third-order valence-corrected chi connectivity index (χ3v) is 1.63. The quantitative estimate of drug-likeness (QED) is 0.659. The SMILES string of the molecule is CC(C)(O)C#C[C@@H](O)c1ccccc1. The molecule has 0 aliphatic rings. The molecule has 1 rings (SSSR count). The van der Waals surface area contributed by atoms with Gasteiger partial charge in [-0.05, 0) is 19.4 Å². The van der Waals surface area contributed by atoms with E-state index in [9.17, 15) is 10.2 Å². The summed E-state index contributed by atoms with van der Waals surface area (Å²) in [5.74, 6) is 5.17. The molecular formula is C12H14O2. The van der Waals surface area contributed by atoms with Crippen molar-refractivity contribution in [3.63, 3.8) is 0 Å². The molecule has 2 heteroatoms. The zero-order valence-electron chi connectivity index (χ0n) is 8.36. The lowest BCUT2D eigenvalue weighted by Gasteiger charge is -2.08. The van der Waals surface area contributed by atoms with Crippen molar-refractivity contribution in [3.8, 4) is 11.8 Å². The zero-order valence-corrected chi connectivity index (χ0v) is 8.36.